The standard InChI is InChI=1S/C16H22FNO2/c17-14-9-7-13(8-10-14)16(19)18-11-4-12-20-15-5-2-1-3-6-15/h7-10,15H,1-6,11-12H2,(H,18,19). The highest BCUT2D eigenvalue weighted by molar-refractivity contribution is 5.94. The first-order valence-electron chi connectivity index (χ1n) is 7.41. The highest BCUT2D eigenvalue weighted by atomic mass is 19.1. The SMILES string of the molecule is O=C(NCCCOC1CCCCC1)c1ccc(F)cc1. The quantitative estimate of drug-likeness (QED) is 0.811. The highest BCUT2D eigenvalue weighted by Crippen LogP contribution is 2.20. The number of amides is 1. The van der Waals surface area contributed by atoms with E-state index in [1.54, 1.807) is 0 Å². The molecule has 0 saturated heterocycles. The number of benzene rings is 1. The predicted octanol–water partition coefficient (Wildman–Crippen LogP) is 3.29. The van der Waals surface area contributed by atoms with E-state index in [1.165, 1.54) is 56.4 Å². The molecule has 1 aliphatic rings. The number of halogens is 1. The van der Waals surface area contributed by atoms with Gasteiger partial charge in [-0.15, -0.1) is 0 Å². The van der Waals surface area contributed by atoms with Gasteiger partial charge in [0.2, 0.25) is 0 Å². The van der Waals surface area contributed by atoms with E-state index in [9.17, 15) is 9.18 Å². The number of carbonyl (C=O) groups excluding carboxylic acids is 1. The van der Waals surface area contributed by atoms with Crippen LogP contribution in [-0.2, 0) is 4.74 Å². The number of nitrogens with one attached hydrogen (secondary N) is 1. The summed E-state index contributed by atoms with van der Waals surface area (Å²) in [7, 11) is 0. The second-order valence-electron chi connectivity index (χ2n) is 5.25. The maximum Gasteiger partial charge on any atom is 0.251 e. The van der Waals surface area contributed by atoms with Crippen molar-refractivity contribution in [2.75, 3.05) is 13.2 Å². The zero-order valence-corrected chi connectivity index (χ0v) is 11.7. The molecule has 3 nitrogen and oxygen atoms in total. The van der Waals surface area contributed by atoms with Crippen LogP contribution in [-0.4, -0.2) is 25.2 Å². The lowest BCUT2D eigenvalue weighted by Crippen LogP contribution is -2.26. The van der Waals surface area contributed by atoms with E-state index in [2.05, 4.69) is 5.32 Å². The highest BCUT2D eigenvalue weighted by Gasteiger charge is 2.13. The minimum atomic E-state index is -0.331. The van der Waals surface area contributed by atoms with Crippen LogP contribution in [0.3, 0.4) is 0 Å². The molecule has 110 valence electrons. The van der Waals surface area contributed by atoms with Crippen molar-refractivity contribution in [3.8, 4) is 0 Å². The molecule has 0 spiro atoms. The van der Waals surface area contributed by atoms with Gasteiger partial charge in [0, 0.05) is 18.7 Å². The van der Waals surface area contributed by atoms with Crippen LogP contribution in [0.4, 0.5) is 4.39 Å². The van der Waals surface area contributed by atoms with Crippen molar-refractivity contribution in [3.63, 3.8) is 0 Å². The first kappa shape index (κ1) is 15.0. The molecule has 1 N–H and O–H groups in total. The average molecular weight is 279 g/mol. The van der Waals surface area contributed by atoms with E-state index >= 15 is 0 Å². The molecule has 0 aliphatic heterocycles. The molecule has 1 saturated carbocycles. The molecule has 1 aliphatic carbocycles. The molecule has 20 heavy (non-hydrogen) atoms. The fraction of sp³-hybridized carbons (Fsp3) is 0.562. The van der Waals surface area contributed by atoms with E-state index in [0.29, 0.717) is 24.8 Å². The molecule has 4 heteroatoms. The maximum atomic E-state index is 12.7. The second-order valence-corrected chi connectivity index (χ2v) is 5.25. The van der Waals surface area contributed by atoms with Gasteiger partial charge in [-0.2, -0.15) is 0 Å². The first-order valence-corrected chi connectivity index (χ1v) is 7.41. The fourth-order valence-corrected chi connectivity index (χ4v) is 2.46. The third-order valence-electron chi connectivity index (χ3n) is 3.62. The van der Waals surface area contributed by atoms with Crippen molar-refractivity contribution in [2.45, 2.75) is 44.6 Å². The van der Waals surface area contributed by atoms with Crippen LogP contribution in [0.15, 0.2) is 24.3 Å². The van der Waals surface area contributed by atoms with Crippen molar-refractivity contribution in [1.82, 2.24) is 5.32 Å². The van der Waals surface area contributed by atoms with Crippen molar-refractivity contribution < 1.29 is 13.9 Å². The smallest absolute Gasteiger partial charge is 0.251 e. The molecule has 0 heterocycles. The Balaban J connectivity index is 1.58. The molecule has 0 unspecified atom stereocenters. The van der Waals surface area contributed by atoms with Gasteiger partial charge >= 0.3 is 0 Å². The van der Waals surface area contributed by atoms with Crippen molar-refractivity contribution in [3.05, 3.63) is 35.6 Å². The molecule has 1 aromatic carbocycles. The summed E-state index contributed by atoms with van der Waals surface area (Å²) in [6.07, 6.45) is 7.43. The van der Waals surface area contributed by atoms with Gasteiger partial charge in [-0.3, -0.25) is 4.79 Å². The van der Waals surface area contributed by atoms with Crippen LogP contribution in [0.2, 0.25) is 0 Å². The van der Waals surface area contributed by atoms with E-state index < -0.39 is 0 Å². The molecular weight excluding hydrogens is 257 g/mol. The topological polar surface area (TPSA) is 38.3 Å². The van der Waals surface area contributed by atoms with Crippen LogP contribution in [0.1, 0.15) is 48.9 Å². The van der Waals surface area contributed by atoms with E-state index in [4.69, 9.17) is 4.74 Å². The summed E-state index contributed by atoms with van der Waals surface area (Å²) in [6, 6.07) is 5.56. The number of ether oxygens (including phenoxy) is 1. The van der Waals surface area contributed by atoms with Crippen LogP contribution in [0, 0.1) is 5.82 Å². The number of rotatable bonds is 6. The molecule has 1 aromatic rings. The zero-order chi connectivity index (χ0) is 14.2. The van der Waals surface area contributed by atoms with Gasteiger partial charge in [0.1, 0.15) is 5.82 Å². The third-order valence-corrected chi connectivity index (χ3v) is 3.62. The molecule has 0 atom stereocenters. The lowest BCUT2D eigenvalue weighted by molar-refractivity contribution is 0.0273. The monoisotopic (exact) mass is 279 g/mol. The predicted molar refractivity (Wildman–Crippen MR) is 76.2 cm³/mol. The summed E-state index contributed by atoms with van der Waals surface area (Å²) >= 11 is 0. The summed E-state index contributed by atoms with van der Waals surface area (Å²) in [5.74, 6) is -0.495. The van der Waals surface area contributed by atoms with Gasteiger partial charge < -0.3 is 10.1 Å². The maximum absolute atomic E-state index is 12.7. The van der Waals surface area contributed by atoms with Gasteiger partial charge in [-0.25, -0.2) is 4.39 Å². The lowest BCUT2D eigenvalue weighted by atomic mass is 9.98. The fourth-order valence-electron chi connectivity index (χ4n) is 2.46. The van der Waals surface area contributed by atoms with Gasteiger partial charge in [0.15, 0.2) is 0 Å². The number of carbonyl (C=O) groups is 1. The Bertz CT molecular complexity index is 413. The van der Waals surface area contributed by atoms with Crippen molar-refractivity contribution in [1.29, 1.82) is 0 Å². The van der Waals surface area contributed by atoms with E-state index in [-0.39, 0.29) is 11.7 Å². The van der Waals surface area contributed by atoms with Crippen molar-refractivity contribution in [2.24, 2.45) is 0 Å². The van der Waals surface area contributed by atoms with Crippen LogP contribution < -0.4 is 5.32 Å². The Morgan fingerprint density at radius 2 is 1.90 bits per heavy atom. The normalized spacial score (nSPS) is 16.1. The van der Waals surface area contributed by atoms with Gasteiger partial charge in [-0.05, 0) is 43.5 Å². The van der Waals surface area contributed by atoms with Crippen LogP contribution in [0.5, 0.6) is 0 Å². The zero-order valence-electron chi connectivity index (χ0n) is 11.7. The van der Waals surface area contributed by atoms with Crippen molar-refractivity contribution >= 4 is 5.91 Å². The van der Waals surface area contributed by atoms with Crippen LogP contribution in [0.25, 0.3) is 0 Å². The minimum absolute atomic E-state index is 0.164. The molecular formula is C16H22FNO2. The number of hydrogen-bond donors (Lipinski definition) is 1. The lowest BCUT2D eigenvalue weighted by Gasteiger charge is -2.21. The molecule has 0 bridgehead atoms. The summed E-state index contributed by atoms with van der Waals surface area (Å²) < 4.78 is 18.5. The average Bonchev–Trinajstić information content (AvgIpc) is 2.48. The first-order chi connectivity index (χ1) is 9.75. The molecule has 1 amide bonds. The molecule has 0 aromatic heterocycles. The summed E-state index contributed by atoms with van der Waals surface area (Å²) in [4.78, 5) is 11.7. The molecule has 2 rings (SSSR count). The minimum Gasteiger partial charge on any atom is -0.378 e. The summed E-state index contributed by atoms with van der Waals surface area (Å²) in [5.41, 5.74) is 0.486. The van der Waals surface area contributed by atoms with Gasteiger partial charge in [-0.1, -0.05) is 19.3 Å². The Kier molecular flexibility index (Phi) is 5.99. The largest absolute Gasteiger partial charge is 0.378 e. The second kappa shape index (κ2) is 8.00. The Morgan fingerprint density at radius 3 is 2.60 bits per heavy atom. The Hall–Kier alpha value is -1.42. The van der Waals surface area contributed by atoms with Gasteiger partial charge in [0.25, 0.3) is 5.91 Å². The molecule has 1 fully saturated rings. The summed E-state index contributed by atoms with van der Waals surface area (Å²) in [5, 5.41) is 2.81. The van der Waals surface area contributed by atoms with Gasteiger partial charge in [0.05, 0.1) is 6.10 Å². The summed E-state index contributed by atoms with van der Waals surface area (Å²) in [6.45, 7) is 1.28. The molecule has 0 radical (unpaired) electrons. The van der Waals surface area contributed by atoms with E-state index in [1.807, 2.05) is 0 Å². The van der Waals surface area contributed by atoms with Crippen LogP contribution >= 0.6 is 0 Å². The van der Waals surface area contributed by atoms with E-state index in [0.717, 1.165) is 6.42 Å². The third kappa shape index (κ3) is 4.93. The Labute approximate surface area is 119 Å². The Morgan fingerprint density at radius 1 is 1.20 bits per heavy atom. The number of hydrogen-bond acceptors (Lipinski definition) is 2.